The second kappa shape index (κ2) is 8.55. The Kier molecular flexibility index (Phi) is 5.68. The third-order valence-corrected chi connectivity index (χ3v) is 3.87. The van der Waals surface area contributed by atoms with Gasteiger partial charge in [0.2, 0.25) is 0 Å². The van der Waals surface area contributed by atoms with Gasteiger partial charge in [0.15, 0.2) is 0 Å². The minimum atomic E-state index is 1.02. The molecule has 122 valence electrons. The molecule has 2 aromatic heterocycles. The van der Waals surface area contributed by atoms with Crippen molar-refractivity contribution in [2.45, 2.75) is 6.92 Å². The smallest absolute Gasteiger partial charge is 0.0708 e. The molecule has 2 aromatic carbocycles. The summed E-state index contributed by atoms with van der Waals surface area (Å²) < 4.78 is 0. The number of hydrogen-bond donors (Lipinski definition) is 0. The molecule has 2 heterocycles. The summed E-state index contributed by atoms with van der Waals surface area (Å²) in [5.41, 5.74) is 5.98. The minimum Gasteiger partial charge on any atom is -0.265 e. The molecule has 0 unspecified atom stereocenters. The van der Waals surface area contributed by atoms with Gasteiger partial charge in [-0.3, -0.25) is 9.97 Å². The number of benzene rings is 2. The number of aromatic nitrogens is 2. The summed E-state index contributed by atoms with van der Waals surface area (Å²) in [7, 11) is 0. The molecule has 0 atom stereocenters. The van der Waals surface area contributed by atoms with Crippen molar-refractivity contribution in [3.8, 4) is 22.4 Å². The summed E-state index contributed by atoms with van der Waals surface area (Å²) in [6.07, 6.45) is 5.34. The zero-order valence-electron chi connectivity index (χ0n) is 14.2. The predicted octanol–water partition coefficient (Wildman–Crippen LogP) is 5.81. The van der Waals surface area contributed by atoms with E-state index in [9.17, 15) is 0 Å². The van der Waals surface area contributed by atoms with E-state index in [2.05, 4.69) is 71.5 Å². The summed E-state index contributed by atoms with van der Waals surface area (Å²) in [4.78, 5) is 8.25. The van der Waals surface area contributed by atoms with Crippen LogP contribution in [0.4, 0.5) is 0 Å². The molecule has 0 fully saturated rings. The second-order valence-electron chi connectivity index (χ2n) is 5.60. The Morgan fingerprint density at radius 3 is 1.68 bits per heavy atom. The third-order valence-electron chi connectivity index (χ3n) is 3.87. The van der Waals surface area contributed by atoms with E-state index < -0.39 is 0 Å². The van der Waals surface area contributed by atoms with Gasteiger partial charge in [0, 0.05) is 24.2 Å². The van der Waals surface area contributed by atoms with E-state index in [1.165, 1.54) is 22.3 Å². The molecule has 4 rings (SSSR count). The molecule has 0 saturated heterocycles. The van der Waals surface area contributed by atoms with Crippen molar-refractivity contribution >= 4 is 0 Å². The highest BCUT2D eigenvalue weighted by Gasteiger charge is 2.08. The molecule has 4 aromatic rings. The molecule has 2 heteroatoms. The quantitative estimate of drug-likeness (QED) is 0.465. The lowest BCUT2D eigenvalue weighted by Crippen LogP contribution is -1.89. The lowest BCUT2D eigenvalue weighted by atomic mass is 9.94. The predicted molar refractivity (Wildman–Crippen MR) is 104 cm³/mol. The van der Waals surface area contributed by atoms with Gasteiger partial charge in [0.05, 0.1) is 5.69 Å². The molecule has 0 aliphatic heterocycles. The lowest BCUT2D eigenvalue weighted by molar-refractivity contribution is 1.32. The topological polar surface area (TPSA) is 25.8 Å². The summed E-state index contributed by atoms with van der Waals surface area (Å²) in [6.45, 7) is 2.14. The standard InChI is InChI=1S/C18H15N.C5H5N/c1-14-8-2-3-9-15(14)16-10-4-5-11-17(16)18-12-6-7-13-19-18;1-2-4-6-5-3-1/h2-13H,1H3;1-5H. The average Bonchev–Trinajstić information content (AvgIpc) is 2.71. The molecule has 0 radical (unpaired) electrons. The summed E-state index contributed by atoms with van der Waals surface area (Å²) in [5.74, 6) is 0. The van der Waals surface area contributed by atoms with Crippen LogP contribution in [0.2, 0.25) is 0 Å². The van der Waals surface area contributed by atoms with Gasteiger partial charge in [-0.2, -0.15) is 0 Å². The van der Waals surface area contributed by atoms with Crippen molar-refractivity contribution in [1.29, 1.82) is 0 Å². The van der Waals surface area contributed by atoms with Crippen molar-refractivity contribution in [1.82, 2.24) is 9.97 Å². The monoisotopic (exact) mass is 324 g/mol. The van der Waals surface area contributed by atoms with E-state index in [0.717, 1.165) is 5.69 Å². The van der Waals surface area contributed by atoms with E-state index in [1.54, 1.807) is 12.4 Å². The van der Waals surface area contributed by atoms with Crippen molar-refractivity contribution in [2.75, 3.05) is 0 Å². The zero-order chi connectivity index (χ0) is 17.3. The van der Waals surface area contributed by atoms with Crippen LogP contribution >= 0.6 is 0 Å². The van der Waals surface area contributed by atoms with Crippen LogP contribution in [0, 0.1) is 6.92 Å². The van der Waals surface area contributed by atoms with Crippen molar-refractivity contribution in [3.63, 3.8) is 0 Å². The zero-order valence-corrected chi connectivity index (χ0v) is 14.2. The van der Waals surface area contributed by atoms with Gasteiger partial charge < -0.3 is 0 Å². The average molecular weight is 324 g/mol. The van der Waals surface area contributed by atoms with Crippen LogP contribution in [0.3, 0.4) is 0 Å². The fourth-order valence-corrected chi connectivity index (χ4v) is 2.65. The van der Waals surface area contributed by atoms with Gasteiger partial charge in [-0.05, 0) is 47.9 Å². The molecule has 2 nitrogen and oxygen atoms in total. The highest BCUT2D eigenvalue weighted by atomic mass is 14.7. The molecular formula is C23H20N2. The lowest BCUT2D eigenvalue weighted by Gasteiger charge is -2.11. The first kappa shape index (κ1) is 16.6. The highest BCUT2D eigenvalue weighted by Crippen LogP contribution is 2.32. The number of aryl methyl sites for hydroxylation is 1. The molecule has 0 saturated carbocycles. The van der Waals surface area contributed by atoms with Crippen LogP contribution in [0.5, 0.6) is 0 Å². The van der Waals surface area contributed by atoms with Crippen LogP contribution in [0.15, 0.2) is 104 Å². The van der Waals surface area contributed by atoms with E-state index in [1.807, 2.05) is 36.5 Å². The van der Waals surface area contributed by atoms with Crippen molar-refractivity contribution in [2.24, 2.45) is 0 Å². The van der Waals surface area contributed by atoms with Crippen LogP contribution in [0.1, 0.15) is 5.56 Å². The largest absolute Gasteiger partial charge is 0.265 e. The van der Waals surface area contributed by atoms with E-state index >= 15 is 0 Å². The normalized spacial score (nSPS) is 9.80. The summed E-state index contributed by atoms with van der Waals surface area (Å²) in [6, 6.07) is 28.6. The molecule has 25 heavy (non-hydrogen) atoms. The van der Waals surface area contributed by atoms with Gasteiger partial charge >= 0.3 is 0 Å². The Balaban J connectivity index is 0.000000258. The maximum Gasteiger partial charge on any atom is 0.0708 e. The van der Waals surface area contributed by atoms with Crippen molar-refractivity contribution < 1.29 is 0 Å². The maximum absolute atomic E-state index is 4.46. The third kappa shape index (κ3) is 4.39. The number of nitrogens with zero attached hydrogens (tertiary/aromatic N) is 2. The van der Waals surface area contributed by atoms with E-state index in [0.29, 0.717) is 0 Å². The van der Waals surface area contributed by atoms with Crippen LogP contribution in [-0.4, -0.2) is 9.97 Å². The molecular weight excluding hydrogens is 304 g/mol. The van der Waals surface area contributed by atoms with Gasteiger partial charge in [0.25, 0.3) is 0 Å². The first-order valence-corrected chi connectivity index (χ1v) is 8.27. The van der Waals surface area contributed by atoms with Gasteiger partial charge in [0.1, 0.15) is 0 Å². The SMILES string of the molecule is Cc1ccccc1-c1ccccc1-c1ccccn1.c1ccncc1. The molecule has 0 spiro atoms. The summed E-state index contributed by atoms with van der Waals surface area (Å²) >= 11 is 0. The molecule has 0 aliphatic carbocycles. The molecule has 0 N–H and O–H groups in total. The molecule has 0 amide bonds. The van der Waals surface area contributed by atoms with E-state index in [-0.39, 0.29) is 0 Å². The minimum absolute atomic E-state index is 1.02. The van der Waals surface area contributed by atoms with Gasteiger partial charge in [-0.1, -0.05) is 60.7 Å². The summed E-state index contributed by atoms with van der Waals surface area (Å²) in [5, 5.41) is 0. The Morgan fingerprint density at radius 1 is 0.520 bits per heavy atom. The Bertz CT molecular complexity index is 876. The molecule has 0 aliphatic rings. The van der Waals surface area contributed by atoms with Crippen LogP contribution in [-0.2, 0) is 0 Å². The Morgan fingerprint density at radius 2 is 1.12 bits per heavy atom. The van der Waals surface area contributed by atoms with Crippen LogP contribution in [0.25, 0.3) is 22.4 Å². The number of pyridine rings is 2. The van der Waals surface area contributed by atoms with Gasteiger partial charge in [-0.15, -0.1) is 0 Å². The van der Waals surface area contributed by atoms with Gasteiger partial charge in [-0.25, -0.2) is 0 Å². The van der Waals surface area contributed by atoms with Crippen LogP contribution < -0.4 is 0 Å². The number of hydrogen-bond acceptors (Lipinski definition) is 2. The first-order chi connectivity index (χ1) is 12.4. The van der Waals surface area contributed by atoms with Crippen molar-refractivity contribution in [3.05, 3.63) is 109 Å². The molecule has 0 bridgehead atoms. The maximum atomic E-state index is 4.46. The second-order valence-corrected chi connectivity index (χ2v) is 5.60. The fraction of sp³-hybridized carbons (Fsp3) is 0.0435. The fourth-order valence-electron chi connectivity index (χ4n) is 2.65. The highest BCUT2D eigenvalue weighted by molar-refractivity contribution is 5.83. The number of rotatable bonds is 2. The van der Waals surface area contributed by atoms with E-state index in [4.69, 9.17) is 0 Å². The Hall–Kier alpha value is -3.26. The Labute approximate surface area is 148 Å². The first-order valence-electron chi connectivity index (χ1n) is 8.27.